The van der Waals surface area contributed by atoms with E-state index in [9.17, 15) is 8.42 Å². The highest BCUT2D eigenvalue weighted by Gasteiger charge is 2.19. The fourth-order valence-corrected chi connectivity index (χ4v) is 4.63. The van der Waals surface area contributed by atoms with Gasteiger partial charge in [0.05, 0.1) is 12.8 Å². The van der Waals surface area contributed by atoms with Crippen LogP contribution < -0.4 is 9.46 Å². The number of hydrogen-bond donors (Lipinski definition) is 1. The molecule has 4 nitrogen and oxygen atoms in total. The van der Waals surface area contributed by atoms with Gasteiger partial charge in [-0.05, 0) is 52.3 Å². The molecule has 0 saturated carbocycles. The van der Waals surface area contributed by atoms with Crippen molar-refractivity contribution < 1.29 is 13.2 Å². The SMILES string of the molecule is COc1ccc(Cl)cc1NS(=O)(=O)c1ccc(Br)cc1Br. The van der Waals surface area contributed by atoms with Crippen molar-refractivity contribution in [3.05, 3.63) is 50.4 Å². The summed E-state index contributed by atoms with van der Waals surface area (Å²) in [5.74, 6) is 0.385. The molecule has 0 fully saturated rings. The van der Waals surface area contributed by atoms with Gasteiger partial charge in [0.15, 0.2) is 0 Å². The molecule has 0 radical (unpaired) electrons. The predicted molar refractivity (Wildman–Crippen MR) is 90.7 cm³/mol. The summed E-state index contributed by atoms with van der Waals surface area (Å²) in [5.41, 5.74) is 0.278. The van der Waals surface area contributed by atoms with Gasteiger partial charge in [-0.15, -0.1) is 0 Å². The van der Waals surface area contributed by atoms with E-state index in [0.29, 0.717) is 15.2 Å². The second-order valence-electron chi connectivity index (χ2n) is 4.02. The highest BCUT2D eigenvalue weighted by atomic mass is 79.9. The number of benzene rings is 2. The molecule has 2 aromatic rings. The van der Waals surface area contributed by atoms with E-state index in [1.54, 1.807) is 24.3 Å². The Morgan fingerprint density at radius 1 is 1.14 bits per heavy atom. The Morgan fingerprint density at radius 3 is 2.48 bits per heavy atom. The van der Waals surface area contributed by atoms with Gasteiger partial charge in [0, 0.05) is 14.0 Å². The number of rotatable bonds is 4. The van der Waals surface area contributed by atoms with E-state index in [2.05, 4.69) is 36.6 Å². The van der Waals surface area contributed by atoms with Crippen LogP contribution in [0.1, 0.15) is 0 Å². The van der Waals surface area contributed by atoms with Crippen molar-refractivity contribution in [1.82, 2.24) is 0 Å². The minimum atomic E-state index is -3.77. The van der Waals surface area contributed by atoms with Crippen LogP contribution in [0.5, 0.6) is 5.75 Å². The third-order valence-corrected chi connectivity index (χ3v) is 5.66. The summed E-state index contributed by atoms with van der Waals surface area (Å²) in [7, 11) is -2.31. The fraction of sp³-hybridized carbons (Fsp3) is 0.0769. The third-order valence-electron chi connectivity index (χ3n) is 2.59. The Balaban J connectivity index is 2.44. The van der Waals surface area contributed by atoms with Crippen LogP contribution in [-0.4, -0.2) is 15.5 Å². The van der Waals surface area contributed by atoms with Crippen LogP contribution in [0.4, 0.5) is 5.69 Å². The molecule has 0 aliphatic rings. The smallest absolute Gasteiger partial charge is 0.263 e. The maximum Gasteiger partial charge on any atom is 0.263 e. The van der Waals surface area contributed by atoms with E-state index < -0.39 is 10.0 Å². The Hall–Kier alpha value is -0.760. The lowest BCUT2D eigenvalue weighted by Gasteiger charge is -2.13. The van der Waals surface area contributed by atoms with Gasteiger partial charge in [-0.25, -0.2) is 8.42 Å². The number of methoxy groups -OCH3 is 1. The van der Waals surface area contributed by atoms with Crippen LogP contribution in [0.25, 0.3) is 0 Å². The first-order valence-electron chi connectivity index (χ1n) is 5.65. The van der Waals surface area contributed by atoms with E-state index in [4.69, 9.17) is 16.3 Å². The quantitative estimate of drug-likeness (QED) is 0.729. The van der Waals surface area contributed by atoms with Gasteiger partial charge in [-0.3, -0.25) is 4.72 Å². The van der Waals surface area contributed by atoms with E-state index in [1.807, 2.05) is 0 Å². The highest BCUT2D eigenvalue weighted by molar-refractivity contribution is 9.11. The average molecular weight is 456 g/mol. The number of sulfonamides is 1. The number of nitrogens with one attached hydrogen (secondary N) is 1. The number of halogens is 3. The van der Waals surface area contributed by atoms with Crippen molar-refractivity contribution >= 4 is 59.2 Å². The van der Waals surface area contributed by atoms with Gasteiger partial charge in [-0.2, -0.15) is 0 Å². The van der Waals surface area contributed by atoms with Gasteiger partial charge in [0.1, 0.15) is 10.6 Å². The first-order chi connectivity index (χ1) is 9.83. The minimum absolute atomic E-state index is 0.118. The summed E-state index contributed by atoms with van der Waals surface area (Å²) in [6.07, 6.45) is 0. The standard InChI is InChI=1S/C13H10Br2ClNO3S/c1-20-12-4-3-9(16)7-11(12)17-21(18,19)13-5-2-8(14)6-10(13)15/h2-7,17H,1H3. The molecule has 0 spiro atoms. The molecule has 0 unspecified atom stereocenters. The Labute approximate surface area is 144 Å². The van der Waals surface area contributed by atoms with Crippen LogP contribution in [0.15, 0.2) is 50.2 Å². The van der Waals surface area contributed by atoms with E-state index in [1.165, 1.54) is 19.2 Å². The number of ether oxygens (including phenoxy) is 1. The van der Waals surface area contributed by atoms with Crippen molar-refractivity contribution in [3.63, 3.8) is 0 Å². The zero-order chi connectivity index (χ0) is 15.6. The van der Waals surface area contributed by atoms with Crippen LogP contribution in [-0.2, 0) is 10.0 Å². The minimum Gasteiger partial charge on any atom is -0.495 e. The zero-order valence-corrected chi connectivity index (χ0v) is 15.5. The van der Waals surface area contributed by atoms with Gasteiger partial charge in [-0.1, -0.05) is 27.5 Å². The monoisotopic (exact) mass is 453 g/mol. The molecule has 0 saturated heterocycles. The Bertz CT molecular complexity index is 781. The van der Waals surface area contributed by atoms with E-state index in [-0.39, 0.29) is 10.6 Å². The molecule has 0 amide bonds. The molecule has 2 rings (SSSR count). The molecule has 0 atom stereocenters. The van der Waals surface area contributed by atoms with Crippen molar-refractivity contribution in [2.24, 2.45) is 0 Å². The molecule has 2 aromatic carbocycles. The summed E-state index contributed by atoms with van der Waals surface area (Å²) >= 11 is 12.4. The topological polar surface area (TPSA) is 55.4 Å². The lowest BCUT2D eigenvalue weighted by molar-refractivity contribution is 0.417. The highest BCUT2D eigenvalue weighted by Crippen LogP contribution is 2.32. The lowest BCUT2D eigenvalue weighted by atomic mass is 10.3. The Kier molecular flexibility index (Phi) is 5.19. The molecule has 112 valence electrons. The Morgan fingerprint density at radius 2 is 1.86 bits per heavy atom. The van der Waals surface area contributed by atoms with Crippen molar-refractivity contribution in [2.45, 2.75) is 4.90 Å². The van der Waals surface area contributed by atoms with E-state index in [0.717, 1.165) is 4.47 Å². The summed E-state index contributed by atoms with van der Waals surface area (Å²) in [6, 6.07) is 9.50. The van der Waals surface area contributed by atoms with Crippen LogP contribution in [0, 0.1) is 0 Å². The van der Waals surface area contributed by atoms with Gasteiger partial charge >= 0.3 is 0 Å². The summed E-state index contributed by atoms with van der Waals surface area (Å²) in [6.45, 7) is 0. The van der Waals surface area contributed by atoms with Crippen LogP contribution >= 0.6 is 43.5 Å². The maximum atomic E-state index is 12.5. The first kappa shape index (κ1) is 16.6. The fourth-order valence-electron chi connectivity index (χ4n) is 1.65. The largest absolute Gasteiger partial charge is 0.495 e. The molecule has 0 aromatic heterocycles. The normalized spacial score (nSPS) is 11.2. The molecule has 0 bridgehead atoms. The average Bonchev–Trinajstić information content (AvgIpc) is 2.37. The summed E-state index contributed by atoms with van der Waals surface area (Å²) < 4.78 is 33.7. The van der Waals surface area contributed by atoms with Crippen molar-refractivity contribution in [3.8, 4) is 5.75 Å². The van der Waals surface area contributed by atoms with Crippen LogP contribution in [0.3, 0.4) is 0 Å². The second-order valence-corrected chi connectivity index (χ2v) is 7.88. The molecular formula is C13H10Br2ClNO3S. The van der Waals surface area contributed by atoms with Crippen LogP contribution in [0.2, 0.25) is 5.02 Å². The summed E-state index contributed by atoms with van der Waals surface area (Å²) in [4.78, 5) is 0.118. The van der Waals surface area contributed by atoms with Crippen molar-refractivity contribution in [1.29, 1.82) is 0 Å². The van der Waals surface area contributed by atoms with Gasteiger partial charge in [0.25, 0.3) is 10.0 Å². The van der Waals surface area contributed by atoms with Gasteiger partial charge < -0.3 is 4.74 Å². The second kappa shape index (κ2) is 6.56. The summed E-state index contributed by atoms with van der Waals surface area (Å²) in [5, 5.41) is 0.406. The maximum absolute atomic E-state index is 12.5. The molecule has 1 N–H and O–H groups in total. The van der Waals surface area contributed by atoms with Gasteiger partial charge in [0.2, 0.25) is 0 Å². The molecule has 0 aliphatic carbocycles. The predicted octanol–water partition coefficient (Wildman–Crippen LogP) is 4.67. The van der Waals surface area contributed by atoms with Crippen molar-refractivity contribution in [2.75, 3.05) is 11.8 Å². The molecule has 8 heteroatoms. The molecule has 0 heterocycles. The zero-order valence-electron chi connectivity index (χ0n) is 10.7. The number of hydrogen-bond acceptors (Lipinski definition) is 3. The molecular weight excluding hydrogens is 445 g/mol. The van der Waals surface area contributed by atoms with E-state index >= 15 is 0 Å². The molecule has 21 heavy (non-hydrogen) atoms. The lowest BCUT2D eigenvalue weighted by Crippen LogP contribution is -2.14. The number of anilines is 1. The molecule has 0 aliphatic heterocycles. The third kappa shape index (κ3) is 3.91. The first-order valence-corrected chi connectivity index (χ1v) is 9.09.